The number of rotatable bonds is 0. The standard InChI is InChI=1S/C10H13NS/c11-9-3-1-8-6-10(12)4-2-7(8)5-9/h2,4,6,9,12H,1,3,5,11H2. The minimum atomic E-state index is 0.364. The van der Waals surface area contributed by atoms with Crippen molar-refractivity contribution < 1.29 is 0 Å². The van der Waals surface area contributed by atoms with Gasteiger partial charge in [0.1, 0.15) is 0 Å². The summed E-state index contributed by atoms with van der Waals surface area (Å²) >= 11 is 4.31. The molecule has 0 saturated heterocycles. The molecule has 1 aliphatic carbocycles. The van der Waals surface area contributed by atoms with E-state index in [0.29, 0.717) is 6.04 Å². The maximum Gasteiger partial charge on any atom is 0.00825 e. The molecule has 64 valence electrons. The van der Waals surface area contributed by atoms with E-state index in [2.05, 4.69) is 24.8 Å². The second kappa shape index (κ2) is 3.11. The maximum atomic E-state index is 5.87. The van der Waals surface area contributed by atoms with Crippen molar-refractivity contribution in [1.82, 2.24) is 0 Å². The molecule has 0 aliphatic heterocycles. The summed E-state index contributed by atoms with van der Waals surface area (Å²) in [6, 6.07) is 6.71. The highest BCUT2D eigenvalue weighted by Gasteiger charge is 2.14. The van der Waals surface area contributed by atoms with Gasteiger partial charge in [-0.25, -0.2) is 0 Å². The van der Waals surface area contributed by atoms with Crippen molar-refractivity contribution in [2.75, 3.05) is 0 Å². The fourth-order valence-electron chi connectivity index (χ4n) is 1.77. The lowest BCUT2D eigenvalue weighted by Crippen LogP contribution is -2.27. The van der Waals surface area contributed by atoms with Crippen molar-refractivity contribution in [2.24, 2.45) is 5.73 Å². The van der Waals surface area contributed by atoms with Crippen molar-refractivity contribution in [3.8, 4) is 0 Å². The molecule has 1 aromatic rings. The van der Waals surface area contributed by atoms with Gasteiger partial charge in [-0.15, -0.1) is 12.6 Å². The molecule has 1 aliphatic rings. The number of benzene rings is 1. The summed E-state index contributed by atoms with van der Waals surface area (Å²) in [6.07, 6.45) is 3.26. The molecule has 0 radical (unpaired) electrons. The van der Waals surface area contributed by atoms with Crippen molar-refractivity contribution in [3.05, 3.63) is 29.3 Å². The number of nitrogens with two attached hydrogens (primary N) is 1. The number of thiol groups is 1. The molecule has 1 unspecified atom stereocenters. The van der Waals surface area contributed by atoms with E-state index in [-0.39, 0.29) is 0 Å². The number of hydrogen-bond acceptors (Lipinski definition) is 2. The molecule has 2 N–H and O–H groups in total. The third-order valence-electron chi connectivity index (χ3n) is 2.46. The summed E-state index contributed by atoms with van der Waals surface area (Å²) in [7, 11) is 0. The Morgan fingerprint density at radius 3 is 3.00 bits per heavy atom. The third kappa shape index (κ3) is 1.50. The zero-order valence-electron chi connectivity index (χ0n) is 6.96. The van der Waals surface area contributed by atoms with Crippen LogP contribution >= 0.6 is 12.6 Å². The Labute approximate surface area is 78.4 Å². The zero-order chi connectivity index (χ0) is 8.55. The first-order valence-electron chi connectivity index (χ1n) is 4.32. The maximum absolute atomic E-state index is 5.87. The fourth-order valence-corrected chi connectivity index (χ4v) is 2.00. The molecule has 12 heavy (non-hydrogen) atoms. The lowest BCUT2D eigenvalue weighted by atomic mass is 9.89. The van der Waals surface area contributed by atoms with Crippen molar-refractivity contribution in [1.29, 1.82) is 0 Å². The molecule has 2 heteroatoms. The normalized spacial score (nSPS) is 22.0. The van der Waals surface area contributed by atoms with E-state index in [1.807, 2.05) is 6.07 Å². The average molecular weight is 179 g/mol. The molecule has 0 bridgehead atoms. The first-order chi connectivity index (χ1) is 5.75. The second-order valence-corrected chi connectivity index (χ2v) is 3.97. The molecule has 0 spiro atoms. The van der Waals surface area contributed by atoms with Crippen LogP contribution in [-0.4, -0.2) is 6.04 Å². The van der Waals surface area contributed by atoms with Crippen LogP contribution in [0.1, 0.15) is 17.5 Å². The number of aryl methyl sites for hydroxylation is 1. The predicted molar refractivity (Wildman–Crippen MR) is 53.7 cm³/mol. The molecule has 1 aromatic carbocycles. The summed E-state index contributed by atoms with van der Waals surface area (Å²) < 4.78 is 0. The van der Waals surface area contributed by atoms with Crippen LogP contribution in [-0.2, 0) is 12.8 Å². The lowest BCUT2D eigenvalue weighted by Gasteiger charge is -2.21. The van der Waals surface area contributed by atoms with Gasteiger partial charge in [0.25, 0.3) is 0 Å². The molecule has 1 atom stereocenters. The van der Waals surface area contributed by atoms with Gasteiger partial charge in [-0.3, -0.25) is 0 Å². The van der Waals surface area contributed by atoms with Crippen LogP contribution in [0.5, 0.6) is 0 Å². The smallest absolute Gasteiger partial charge is 0.00825 e. The summed E-state index contributed by atoms with van der Waals surface area (Å²) in [5.41, 5.74) is 8.71. The Balaban J connectivity index is 2.37. The van der Waals surface area contributed by atoms with Crippen molar-refractivity contribution >= 4 is 12.6 Å². The second-order valence-electron chi connectivity index (χ2n) is 3.46. The van der Waals surface area contributed by atoms with Gasteiger partial charge in [-0.05, 0) is 42.5 Å². The minimum Gasteiger partial charge on any atom is -0.327 e. The van der Waals surface area contributed by atoms with E-state index < -0.39 is 0 Å². The Morgan fingerprint density at radius 2 is 2.17 bits per heavy atom. The molecule has 0 saturated carbocycles. The average Bonchev–Trinajstić information content (AvgIpc) is 2.05. The monoisotopic (exact) mass is 179 g/mol. The van der Waals surface area contributed by atoms with Gasteiger partial charge in [0.05, 0.1) is 0 Å². The van der Waals surface area contributed by atoms with E-state index >= 15 is 0 Å². The molecule has 2 rings (SSSR count). The van der Waals surface area contributed by atoms with Gasteiger partial charge < -0.3 is 5.73 Å². The van der Waals surface area contributed by atoms with Crippen LogP contribution in [0.2, 0.25) is 0 Å². The van der Waals surface area contributed by atoms with Crippen LogP contribution in [0.25, 0.3) is 0 Å². The fraction of sp³-hybridized carbons (Fsp3) is 0.400. The molecule has 1 nitrogen and oxygen atoms in total. The van der Waals surface area contributed by atoms with Crippen LogP contribution < -0.4 is 5.73 Å². The molecule has 0 amide bonds. The van der Waals surface area contributed by atoms with Crippen LogP contribution in [0, 0.1) is 0 Å². The largest absolute Gasteiger partial charge is 0.327 e. The Kier molecular flexibility index (Phi) is 2.11. The number of hydrogen-bond donors (Lipinski definition) is 2. The quantitative estimate of drug-likeness (QED) is 0.583. The highest BCUT2D eigenvalue weighted by molar-refractivity contribution is 7.80. The SMILES string of the molecule is NC1CCc2cc(S)ccc2C1. The van der Waals surface area contributed by atoms with Gasteiger partial charge in [0, 0.05) is 10.9 Å². The van der Waals surface area contributed by atoms with Crippen molar-refractivity contribution in [3.63, 3.8) is 0 Å². The summed E-state index contributed by atoms with van der Waals surface area (Å²) in [4.78, 5) is 1.06. The highest BCUT2D eigenvalue weighted by atomic mass is 32.1. The van der Waals surface area contributed by atoms with Gasteiger partial charge in [0.15, 0.2) is 0 Å². The van der Waals surface area contributed by atoms with E-state index in [0.717, 1.165) is 24.2 Å². The number of fused-ring (bicyclic) bond motifs is 1. The van der Waals surface area contributed by atoms with Crippen LogP contribution in [0.4, 0.5) is 0 Å². The lowest BCUT2D eigenvalue weighted by molar-refractivity contribution is 0.575. The molecular formula is C10H13NS. The topological polar surface area (TPSA) is 26.0 Å². The van der Waals surface area contributed by atoms with Crippen LogP contribution in [0.15, 0.2) is 23.1 Å². The van der Waals surface area contributed by atoms with E-state index in [9.17, 15) is 0 Å². The predicted octanol–water partition coefficient (Wildman–Crippen LogP) is 1.79. The van der Waals surface area contributed by atoms with Crippen LogP contribution in [0.3, 0.4) is 0 Å². The van der Waals surface area contributed by atoms with E-state index in [1.165, 1.54) is 11.1 Å². The third-order valence-corrected chi connectivity index (χ3v) is 2.73. The van der Waals surface area contributed by atoms with Gasteiger partial charge in [-0.1, -0.05) is 6.07 Å². The minimum absolute atomic E-state index is 0.364. The Hall–Kier alpha value is -0.470. The highest BCUT2D eigenvalue weighted by Crippen LogP contribution is 2.22. The van der Waals surface area contributed by atoms with Gasteiger partial charge in [-0.2, -0.15) is 0 Å². The van der Waals surface area contributed by atoms with E-state index in [1.54, 1.807) is 0 Å². The summed E-state index contributed by atoms with van der Waals surface area (Å²) in [5, 5.41) is 0. The zero-order valence-corrected chi connectivity index (χ0v) is 7.85. The van der Waals surface area contributed by atoms with Gasteiger partial charge in [0.2, 0.25) is 0 Å². The first-order valence-corrected chi connectivity index (χ1v) is 4.77. The Morgan fingerprint density at radius 1 is 1.33 bits per heavy atom. The molecular weight excluding hydrogens is 166 g/mol. The molecule has 0 aromatic heterocycles. The molecule has 0 fully saturated rings. The first kappa shape index (κ1) is 8.14. The van der Waals surface area contributed by atoms with E-state index in [4.69, 9.17) is 5.73 Å². The summed E-state index contributed by atoms with van der Waals surface area (Å²) in [6.45, 7) is 0. The van der Waals surface area contributed by atoms with Gasteiger partial charge >= 0.3 is 0 Å². The summed E-state index contributed by atoms with van der Waals surface area (Å²) in [5.74, 6) is 0. The van der Waals surface area contributed by atoms with Crippen molar-refractivity contribution in [2.45, 2.75) is 30.2 Å². The Bertz CT molecular complexity index is 296. The molecule has 0 heterocycles.